The van der Waals surface area contributed by atoms with E-state index in [-0.39, 0.29) is 22.3 Å². The summed E-state index contributed by atoms with van der Waals surface area (Å²) in [5.74, 6) is -0.589. The van der Waals surface area contributed by atoms with Crippen LogP contribution in [0.3, 0.4) is 0 Å². The second-order valence-electron chi connectivity index (χ2n) is 9.68. The van der Waals surface area contributed by atoms with Crippen LogP contribution in [-0.2, 0) is 15.3 Å². The summed E-state index contributed by atoms with van der Waals surface area (Å²) in [5, 5.41) is 20.1. The maximum Gasteiger partial charge on any atom is 0.301 e. The second kappa shape index (κ2) is 12.4. The Bertz CT molecular complexity index is 1730. The number of anilines is 1. The maximum absolute atomic E-state index is 14.1. The smallest absolute Gasteiger partial charge is 0.301 e. The molecule has 1 amide bonds. The molecule has 43 heavy (non-hydrogen) atoms. The number of carbonyl (C=O) groups excluding carboxylic acids is 2. The van der Waals surface area contributed by atoms with Crippen LogP contribution in [0.2, 0.25) is 0 Å². The SMILES string of the molecule is CCCOc1cccc([C@@H]2C(=C(O)c3ccc4c(c3)OCCO4)C(=O)C(=O)N2c2nnc(SCc3ccccc3F)s2)c1. The van der Waals surface area contributed by atoms with E-state index >= 15 is 0 Å². The molecule has 0 spiro atoms. The number of ketones is 1. The number of aliphatic hydroxyl groups is 1. The molecule has 0 saturated carbocycles. The zero-order chi connectivity index (χ0) is 29.9. The molecular formula is C31H26FN3O6S2. The number of rotatable bonds is 9. The van der Waals surface area contributed by atoms with Crippen molar-refractivity contribution in [1.82, 2.24) is 10.2 Å². The molecule has 1 atom stereocenters. The predicted octanol–water partition coefficient (Wildman–Crippen LogP) is 6.16. The Hall–Kier alpha value is -4.42. The molecule has 2 aliphatic rings. The summed E-state index contributed by atoms with van der Waals surface area (Å²) in [5.41, 5.74) is 1.24. The minimum Gasteiger partial charge on any atom is -0.507 e. The van der Waals surface area contributed by atoms with Crippen LogP contribution in [0.5, 0.6) is 17.2 Å². The Labute approximate surface area is 254 Å². The van der Waals surface area contributed by atoms with Crippen LogP contribution < -0.4 is 19.1 Å². The van der Waals surface area contributed by atoms with Crippen molar-refractivity contribution in [3.8, 4) is 17.2 Å². The van der Waals surface area contributed by atoms with Gasteiger partial charge in [0.15, 0.2) is 15.8 Å². The highest BCUT2D eigenvalue weighted by molar-refractivity contribution is 8.00. The number of nitrogens with zero attached hydrogens (tertiary/aromatic N) is 3. The molecule has 1 saturated heterocycles. The normalized spacial score (nSPS) is 17.3. The van der Waals surface area contributed by atoms with Gasteiger partial charge in [0.05, 0.1) is 18.2 Å². The largest absolute Gasteiger partial charge is 0.507 e. The fraction of sp³-hybridized carbons (Fsp3) is 0.226. The number of fused-ring (bicyclic) bond motifs is 1. The number of Topliss-reactive ketones (excluding diaryl/α,β-unsaturated/α-hetero) is 1. The second-order valence-corrected chi connectivity index (χ2v) is 11.9. The highest BCUT2D eigenvalue weighted by Gasteiger charge is 2.48. The number of hydrogen-bond donors (Lipinski definition) is 1. The molecule has 6 rings (SSSR count). The van der Waals surface area contributed by atoms with E-state index in [0.717, 1.165) is 17.8 Å². The standard InChI is InChI=1S/C31H26FN3O6S2/c1-2-12-39-21-8-5-7-18(15-21)26-25(27(36)19-10-11-23-24(16-19)41-14-13-40-23)28(37)29(38)35(26)30-33-34-31(43-30)42-17-20-6-3-4-9-22(20)32/h3-11,15-16,26,36H,2,12-14,17H2,1H3/t26-/m1/s1. The zero-order valence-corrected chi connectivity index (χ0v) is 24.6. The van der Waals surface area contributed by atoms with Gasteiger partial charge in [-0.1, -0.05) is 60.4 Å². The van der Waals surface area contributed by atoms with Crippen LogP contribution in [-0.4, -0.2) is 46.8 Å². The van der Waals surface area contributed by atoms with Crippen LogP contribution >= 0.6 is 23.1 Å². The van der Waals surface area contributed by atoms with Gasteiger partial charge in [0, 0.05) is 11.3 Å². The molecule has 9 nitrogen and oxygen atoms in total. The van der Waals surface area contributed by atoms with E-state index in [1.54, 1.807) is 60.7 Å². The lowest BCUT2D eigenvalue weighted by Gasteiger charge is -2.23. The molecule has 220 valence electrons. The molecule has 0 radical (unpaired) electrons. The van der Waals surface area contributed by atoms with Crippen molar-refractivity contribution in [2.24, 2.45) is 0 Å². The monoisotopic (exact) mass is 619 g/mol. The van der Waals surface area contributed by atoms with Crippen molar-refractivity contribution in [1.29, 1.82) is 0 Å². The van der Waals surface area contributed by atoms with E-state index < -0.39 is 17.7 Å². The highest BCUT2D eigenvalue weighted by atomic mass is 32.2. The maximum atomic E-state index is 14.1. The molecule has 1 aromatic heterocycles. The van der Waals surface area contributed by atoms with Gasteiger partial charge in [0.1, 0.15) is 30.5 Å². The number of benzene rings is 3. The summed E-state index contributed by atoms with van der Waals surface area (Å²) >= 11 is 2.37. The molecule has 3 aromatic carbocycles. The molecular weight excluding hydrogens is 593 g/mol. The van der Waals surface area contributed by atoms with Gasteiger partial charge in [-0.3, -0.25) is 14.5 Å². The van der Waals surface area contributed by atoms with E-state index in [2.05, 4.69) is 10.2 Å². The van der Waals surface area contributed by atoms with Crippen LogP contribution in [0.15, 0.2) is 76.6 Å². The number of aromatic nitrogens is 2. The van der Waals surface area contributed by atoms with Crippen molar-refractivity contribution >= 4 is 45.7 Å². The van der Waals surface area contributed by atoms with Gasteiger partial charge in [-0.05, 0) is 53.9 Å². The fourth-order valence-corrected chi connectivity index (χ4v) is 6.65. The molecule has 1 N–H and O–H groups in total. The minimum atomic E-state index is -1.02. The van der Waals surface area contributed by atoms with Gasteiger partial charge in [0.2, 0.25) is 5.13 Å². The number of aliphatic hydroxyl groups excluding tert-OH is 1. The topological polar surface area (TPSA) is 111 Å². The van der Waals surface area contributed by atoms with Crippen molar-refractivity contribution in [3.63, 3.8) is 0 Å². The number of ether oxygens (including phenoxy) is 3. The average molecular weight is 620 g/mol. The van der Waals surface area contributed by atoms with Gasteiger partial charge in [-0.2, -0.15) is 0 Å². The van der Waals surface area contributed by atoms with Gasteiger partial charge >= 0.3 is 5.91 Å². The van der Waals surface area contributed by atoms with Crippen molar-refractivity contribution < 1.29 is 33.3 Å². The van der Waals surface area contributed by atoms with Crippen LogP contribution in [0.1, 0.15) is 36.1 Å². The number of hydrogen-bond acceptors (Lipinski definition) is 10. The van der Waals surface area contributed by atoms with Crippen LogP contribution in [0.4, 0.5) is 9.52 Å². The third-order valence-electron chi connectivity index (χ3n) is 6.82. The first-order valence-electron chi connectivity index (χ1n) is 13.6. The minimum absolute atomic E-state index is 0.106. The lowest BCUT2D eigenvalue weighted by Crippen LogP contribution is -2.29. The predicted molar refractivity (Wildman–Crippen MR) is 160 cm³/mol. The van der Waals surface area contributed by atoms with E-state index in [0.29, 0.717) is 63.9 Å². The Balaban J connectivity index is 1.40. The van der Waals surface area contributed by atoms with Crippen LogP contribution in [0, 0.1) is 5.82 Å². The van der Waals surface area contributed by atoms with Crippen molar-refractivity contribution in [2.45, 2.75) is 29.5 Å². The molecule has 0 bridgehead atoms. The summed E-state index contributed by atoms with van der Waals surface area (Å²) in [4.78, 5) is 28.4. The molecule has 4 aromatic rings. The van der Waals surface area contributed by atoms with Gasteiger partial charge in [-0.15, -0.1) is 10.2 Å². The molecule has 2 aliphatic heterocycles. The van der Waals surface area contributed by atoms with Gasteiger partial charge in [-0.25, -0.2) is 4.39 Å². The summed E-state index contributed by atoms with van der Waals surface area (Å²) in [6.45, 7) is 3.23. The molecule has 0 unspecified atom stereocenters. The van der Waals surface area contributed by atoms with E-state index in [1.165, 1.54) is 22.7 Å². The first kappa shape index (κ1) is 28.7. The first-order valence-corrected chi connectivity index (χ1v) is 15.4. The fourth-order valence-electron chi connectivity index (χ4n) is 4.80. The molecule has 3 heterocycles. The summed E-state index contributed by atoms with van der Waals surface area (Å²) in [6.07, 6.45) is 0.797. The number of carbonyl (C=O) groups is 2. The molecule has 12 heteroatoms. The lowest BCUT2D eigenvalue weighted by molar-refractivity contribution is -0.132. The van der Waals surface area contributed by atoms with Gasteiger partial charge < -0.3 is 19.3 Å². The quantitative estimate of drug-likeness (QED) is 0.0775. The third-order valence-corrected chi connectivity index (χ3v) is 8.92. The van der Waals surface area contributed by atoms with E-state index in [4.69, 9.17) is 14.2 Å². The lowest BCUT2D eigenvalue weighted by atomic mass is 9.95. The molecule has 0 aliphatic carbocycles. The number of thioether (sulfide) groups is 1. The summed E-state index contributed by atoms with van der Waals surface area (Å²) in [6, 6.07) is 17.3. The molecule has 1 fully saturated rings. The van der Waals surface area contributed by atoms with E-state index in [9.17, 15) is 19.1 Å². The Morgan fingerprint density at radius 2 is 1.88 bits per heavy atom. The number of amides is 1. The van der Waals surface area contributed by atoms with E-state index in [1.807, 2.05) is 6.92 Å². The first-order chi connectivity index (χ1) is 20.9. The van der Waals surface area contributed by atoms with Gasteiger partial charge in [0.25, 0.3) is 5.78 Å². The van der Waals surface area contributed by atoms with Crippen molar-refractivity contribution in [3.05, 3.63) is 94.8 Å². The van der Waals surface area contributed by atoms with Crippen LogP contribution in [0.25, 0.3) is 5.76 Å². The number of halogens is 1. The Morgan fingerprint density at radius 1 is 1.07 bits per heavy atom. The Morgan fingerprint density at radius 3 is 2.70 bits per heavy atom. The van der Waals surface area contributed by atoms with Crippen molar-refractivity contribution in [2.75, 3.05) is 24.7 Å². The highest BCUT2D eigenvalue weighted by Crippen LogP contribution is 2.45. The summed E-state index contributed by atoms with van der Waals surface area (Å²) < 4.78 is 31.7. The summed E-state index contributed by atoms with van der Waals surface area (Å²) in [7, 11) is 0. The third kappa shape index (κ3) is 5.80. The Kier molecular flexibility index (Phi) is 8.30. The zero-order valence-electron chi connectivity index (χ0n) is 23.0. The average Bonchev–Trinajstić information content (AvgIpc) is 3.60.